The second-order valence-electron chi connectivity index (χ2n) is 4.60. The Hall–Kier alpha value is -3.07. The van der Waals surface area contributed by atoms with Crippen molar-refractivity contribution in [2.24, 2.45) is 0 Å². The van der Waals surface area contributed by atoms with Crippen LogP contribution in [0.3, 0.4) is 0 Å². The first-order chi connectivity index (χ1) is 10.7. The monoisotopic (exact) mass is 296 g/mol. The number of nitriles is 1. The van der Waals surface area contributed by atoms with Crippen molar-refractivity contribution >= 4 is 11.7 Å². The highest BCUT2D eigenvalue weighted by Gasteiger charge is 2.05. The maximum Gasteiger partial charge on any atom is 0.251 e. The van der Waals surface area contributed by atoms with E-state index in [1.807, 2.05) is 0 Å². The van der Waals surface area contributed by atoms with Crippen LogP contribution in [0.4, 0.5) is 5.82 Å². The van der Waals surface area contributed by atoms with Gasteiger partial charge >= 0.3 is 0 Å². The van der Waals surface area contributed by atoms with Gasteiger partial charge in [-0.1, -0.05) is 6.07 Å². The minimum atomic E-state index is -0.230. The molecule has 0 unspecified atom stereocenters. The van der Waals surface area contributed by atoms with Gasteiger partial charge in [0.1, 0.15) is 17.6 Å². The Balaban J connectivity index is 1.74. The summed E-state index contributed by atoms with van der Waals surface area (Å²) in [4.78, 5) is 15.9. The summed E-state index contributed by atoms with van der Waals surface area (Å²) in [6.45, 7) is 1.07. The fourth-order valence-corrected chi connectivity index (χ4v) is 1.88. The number of nitrogens with one attached hydrogen (secondary N) is 2. The van der Waals surface area contributed by atoms with Crippen LogP contribution in [0.2, 0.25) is 0 Å². The number of hydrogen-bond acceptors (Lipinski definition) is 5. The van der Waals surface area contributed by atoms with Crippen LogP contribution in [-0.4, -0.2) is 29.1 Å². The van der Waals surface area contributed by atoms with E-state index in [1.165, 1.54) is 12.1 Å². The third-order valence-electron chi connectivity index (χ3n) is 2.97. The predicted molar refractivity (Wildman–Crippen MR) is 82.5 cm³/mol. The SMILES string of the molecule is N#Cc1cccnc1NCCCNC(=O)c1cccc(O)c1. The molecule has 0 saturated heterocycles. The highest BCUT2D eigenvalue weighted by atomic mass is 16.3. The van der Waals surface area contributed by atoms with Crippen molar-refractivity contribution in [1.29, 1.82) is 5.26 Å². The molecule has 1 aromatic heterocycles. The number of benzene rings is 1. The van der Waals surface area contributed by atoms with Gasteiger partial charge in [-0.15, -0.1) is 0 Å². The van der Waals surface area contributed by atoms with Crippen molar-refractivity contribution in [3.63, 3.8) is 0 Å². The lowest BCUT2D eigenvalue weighted by Gasteiger charge is -2.08. The number of carbonyl (C=O) groups excluding carboxylic acids is 1. The number of carbonyl (C=O) groups is 1. The van der Waals surface area contributed by atoms with Gasteiger partial charge in [-0.3, -0.25) is 4.79 Å². The van der Waals surface area contributed by atoms with Crippen molar-refractivity contribution in [2.45, 2.75) is 6.42 Å². The molecule has 1 heterocycles. The molecule has 1 amide bonds. The molecular weight excluding hydrogens is 280 g/mol. The molecule has 0 aliphatic rings. The van der Waals surface area contributed by atoms with E-state index in [0.29, 0.717) is 36.5 Å². The normalized spacial score (nSPS) is 9.77. The quantitative estimate of drug-likeness (QED) is 0.707. The molecule has 0 fully saturated rings. The molecule has 3 N–H and O–H groups in total. The molecule has 0 aliphatic heterocycles. The van der Waals surface area contributed by atoms with E-state index in [0.717, 1.165) is 0 Å². The van der Waals surface area contributed by atoms with E-state index < -0.39 is 0 Å². The minimum absolute atomic E-state index is 0.0634. The average Bonchev–Trinajstić information content (AvgIpc) is 2.54. The Morgan fingerprint density at radius 2 is 2.14 bits per heavy atom. The lowest BCUT2D eigenvalue weighted by Crippen LogP contribution is -2.25. The van der Waals surface area contributed by atoms with E-state index in [9.17, 15) is 9.90 Å². The van der Waals surface area contributed by atoms with Crippen molar-refractivity contribution in [1.82, 2.24) is 10.3 Å². The zero-order valence-electron chi connectivity index (χ0n) is 11.9. The second-order valence-corrected chi connectivity index (χ2v) is 4.60. The summed E-state index contributed by atoms with van der Waals surface area (Å²) in [6, 6.07) is 11.7. The summed E-state index contributed by atoms with van der Waals surface area (Å²) in [5, 5.41) is 24.1. The van der Waals surface area contributed by atoms with Crippen molar-refractivity contribution < 1.29 is 9.90 Å². The first kappa shape index (κ1) is 15.3. The largest absolute Gasteiger partial charge is 0.508 e. The maximum absolute atomic E-state index is 11.8. The number of amides is 1. The van der Waals surface area contributed by atoms with Gasteiger partial charge in [-0.05, 0) is 36.8 Å². The Bertz CT molecular complexity index is 695. The second kappa shape index (κ2) is 7.64. The zero-order valence-corrected chi connectivity index (χ0v) is 11.9. The van der Waals surface area contributed by atoms with Gasteiger partial charge in [-0.25, -0.2) is 4.98 Å². The predicted octanol–water partition coefficient (Wildman–Crippen LogP) is 1.89. The summed E-state index contributed by atoms with van der Waals surface area (Å²) in [6.07, 6.45) is 2.30. The van der Waals surface area contributed by atoms with Crippen LogP contribution in [0.25, 0.3) is 0 Å². The number of nitrogens with zero attached hydrogens (tertiary/aromatic N) is 2. The third-order valence-corrected chi connectivity index (χ3v) is 2.97. The molecule has 0 spiro atoms. The Morgan fingerprint density at radius 3 is 2.91 bits per heavy atom. The zero-order chi connectivity index (χ0) is 15.8. The number of hydrogen-bond donors (Lipinski definition) is 3. The minimum Gasteiger partial charge on any atom is -0.508 e. The molecule has 0 radical (unpaired) electrons. The topological polar surface area (TPSA) is 98.0 Å². The van der Waals surface area contributed by atoms with Gasteiger partial charge in [0.25, 0.3) is 5.91 Å². The molecule has 0 saturated carbocycles. The number of phenolic OH excluding ortho intramolecular Hbond substituents is 1. The smallest absolute Gasteiger partial charge is 0.251 e. The third kappa shape index (κ3) is 4.21. The van der Waals surface area contributed by atoms with Gasteiger partial charge in [-0.2, -0.15) is 5.26 Å². The number of aromatic hydroxyl groups is 1. The molecular formula is C16H16N4O2. The lowest BCUT2D eigenvalue weighted by atomic mass is 10.2. The van der Waals surface area contributed by atoms with E-state index in [2.05, 4.69) is 21.7 Å². The van der Waals surface area contributed by atoms with Crippen LogP contribution in [0, 0.1) is 11.3 Å². The molecule has 6 heteroatoms. The molecule has 2 rings (SSSR count). The van der Waals surface area contributed by atoms with Gasteiger partial charge < -0.3 is 15.7 Å². The summed E-state index contributed by atoms with van der Waals surface area (Å²) >= 11 is 0. The van der Waals surface area contributed by atoms with Crippen molar-refractivity contribution in [3.05, 3.63) is 53.7 Å². The molecule has 22 heavy (non-hydrogen) atoms. The highest BCUT2D eigenvalue weighted by Crippen LogP contribution is 2.11. The standard InChI is InChI=1S/C16H16N4O2/c17-11-13-5-2-7-18-15(13)19-8-3-9-20-16(22)12-4-1-6-14(21)10-12/h1-2,4-7,10,21H,3,8-9H2,(H,18,19)(H,20,22). The molecule has 112 valence electrons. The van der Waals surface area contributed by atoms with E-state index >= 15 is 0 Å². The molecule has 6 nitrogen and oxygen atoms in total. The van der Waals surface area contributed by atoms with Crippen LogP contribution < -0.4 is 10.6 Å². The number of anilines is 1. The first-order valence-corrected chi connectivity index (χ1v) is 6.87. The van der Waals surface area contributed by atoms with Gasteiger partial charge in [0.05, 0.1) is 5.56 Å². The number of aromatic nitrogens is 1. The maximum atomic E-state index is 11.8. The van der Waals surface area contributed by atoms with Crippen LogP contribution in [0.5, 0.6) is 5.75 Å². The molecule has 0 atom stereocenters. The van der Waals surface area contributed by atoms with Crippen molar-refractivity contribution in [3.8, 4) is 11.8 Å². The van der Waals surface area contributed by atoms with Crippen LogP contribution in [0.1, 0.15) is 22.3 Å². The van der Waals surface area contributed by atoms with E-state index in [-0.39, 0.29) is 11.7 Å². The Kier molecular flexibility index (Phi) is 5.32. The molecule has 2 aromatic rings. The van der Waals surface area contributed by atoms with Gasteiger partial charge in [0.2, 0.25) is 0 Å². The van der Waals surface area contributed by atoms with Crippen molar-refractivity contribution in [2.75, 3.05) is 18.4 Å². The molecule has 0 bridgehead atoms. The summed E-state index contributed by atoms with van der Waals surface area (Å²) in [5.74, 6) is 0.379. The number of pyridine rings is 1. The highest BCUT2D eigenvalue weighted by molar-refractivity contribution is 5.94. The van der Waals surface area contributed by atoms with E-state index in [1.54, 1.807) is 30.5 Å². The van der Waals surface area contributed by atoms with Gasteiger partial charge in [0.15, 0.2) is 0 Å². The van der Waals surface area contributed by atoms with Crippen LogP contribution in [0.15, 0.2) is 42.6 Å². The average molecular weight is 296 g/mol. The van der Waals surface area contributed by atoms with Gasteiger partial charge in [0, 0.05) is 24.8 Å². The fraction of sp³-hybridized carbons (Fsp3) is 0.188. The van der Waals surface area contributed by atoms with Crippen LogP contribution in [-0.2, 0) is 0 Å². The Labute approximate surface area is 128 Å². The van der Waals surface area contributed by atoms with E-state index in [4.69, 9.17) is 5.26 Å². The number of rotatable bonds is 6. The first-order valence-electron chi connectivity index (χ1n) is 6.87. The van der Waals surface area contributed by atoms with Crippen LogP contribution >= 0.6 is 0 Å². The summed E-state index contributed by atoms with van der Waals surface area (Å²) in [5.41, 5.74) is 0.913. The molecule has 0 aliphatic carbocycles. The number of phenols is 1. The molecule has 1 aromatic carbocycles. The summed E-state index contributed by atoms with van der Waals surface area (Å²) < 4.78 is 0. The fourth-order valence-electron chi connectivity index (χ4n) is 1.88. The lowest BCUT2D eigenvalue weighted by molar-refractivity contribution is 0.0953. The Morgan fingerprint density at radius 1 is 1.27 bits per heavy atom. The summed E-state index contributed by atoms with van der Waals surface area (Å²) in [7, 11) is 0.